The van der Waals surface area contributed by atoms with E-state index in [0.29, 0.717) is 6.04 Å². The first-order valence-corrected chi connectivity index (χ1v) is 7.03. The van der Waals surface area contributed by atoms with Crippen LogP contribution in [0.4, 0.5) is 0 Å². The van der Waals surface area contributed by atoms with Crippen molar-refractivity contribution in [1.29, 1.82) is 0 Å². The van der Waals surface area contributed by atoms with Crippen LogP contribution in [-0.2, 0) is 4.79 Å². The van der Waals surface area contributed by atoms with Gasteiger partial charge in [-0.3, -0.25) is 4.79 Å². The van der Waals surface area contributed by atoms with Gasteiger partial charge in [0.05, 0.1) is 6.04 Å². The average molecular weight is 232 g/mol. The summed E-state index contributed by atoms with van der Waals surface area (Å²) in [4.78, 5) is 11.5. The first kappa shape index (κ1) is 14.8. The van der Waals surface area contributed by atoms with Crippen molar-refractivity contribution in [2.45, 2.75) is 45.7 Å². The van der Waals surface area contributed by atoms with Gasteiger partial charge in [0, 0.05) is 12.6 Å². The minimum atomic E-state index is -0.0894. The quantitative estimate of drug-likeness (QED) is 0.668. The van der Waals surface area contributed by atoms with Crippen molar-refractivity contribution in [2.75, 3.05) is 18.6 Å². The van der Waals surface area contributed by atoms with Crippen LogP contribution >= 0.6 is 11.8 Å². The Labute approximate surface area is 97.8 Å². The molecule has 0 aliphatic heterocycles. The molecule has 0 bridgehead atoms. The third-order valence-electron chi connectivity index (χ3n) is 2.23. The first-order chi connectivity index (χ1) is 7.11. The fourth-order valence-electron chi connectivity index (χ4n) is 1.28. The molecule has 0 spiro atoms. The van der Waals surface area contributed by atoms with E-state index in [-0.39, 0.29) is 11.9 Å². The van der Waals surface area contributed by atoms with E-state index in [1.54, 1.807) is 0 Å². The zero-order valence-electron chi connectivity index (χ0n) is 10.3. The topological polar surface area (TPSA) is 41.1 Å². The van der Waals surface area contributed by atoms with Gasteiger partial charge in [-0.05, 0) is 38.7 Å². The average Bonchev–Trinajstić information content (AvgIpc) is 2.22. The third kappa shape index (κ3) is 7.68. The molecule has 0 fully saturated rings. The lowest BCUT2D eigenvalue weighted by Crippen LogP contribution is -2.46. The fourth-order valence-corrected chi connectivity index (χ4v) is 1.87. The highest BCUT2D eigenvalue weighted by molar-refractivity contribution is 7.98. The summed E-state index contributed by atoms with van der Waals surface area (Å²) in [5, 5.41) is 6.18. The monoisotopic (exact) mass is 232 g/mol. The van der Waals surface area contributed by atoms with Crippen molar-refractivity contribution in [3.05, 3.63) is 0 Å². The van der Waals surface area contributed by atoms with E-state index < -0.39 is 0 Å². The number of nitrogens with one attached hydrogen (secondary N) is 2. The number of hydrogen-bond donors (Lipinski definition) is 2. The minimum absolute atomic E-state index is 0.0894. The van der Waals surface area contributed by atoms with Gasteiger partial charge in [0.15, 0.2) is 0 Å². The molecule has 0 heterocycles. The molecular formula is C11H24N2OS. The summed E-state index contributed by atoms with van der Waals surface area (Å²) >= 11 is 1.84. The van der Waals surface area contributed by atoms with Crippen molar-refractivity contribution in [1.82, 2.24) is 10.6 Å². The van der Waals surface area contributed by atoms with E-state index in [2.05, 4.69) is 30.7 Å². The van der Waals surface area contributed by atoms with Crippen LogP contribution in [0.5, 0.6) is 0 Å². The summed E-state index contributed by atoms with van der Waals surface area (Å²) in [5.41, 5.74) is 0. The smallest absolute Gasteiger partial charge is 0.236 e. The lowest BCUT2D eigenvalue weighted by atomic mass is 10.2. The van der Waals surface area contributed by atoms with Crippen LogP contribution in [-0.4, -0.2) is 36.5 Å². The Hall–Kier alpha value is -0.220. The highest BCUT2D eigenvalue weighted by Crippen LogP contribution is 2.00. The maximum absolute atomic E-state index is 11.5. The number of hydrogen-bond acceptors (Lipinski definition) is 3. The predicted molar refractivity (Wildman–Crippen MR) is 68.4 cm³/mol. The number of rotatable bonds is 8. The van der Waals surface area contributed by atoms with Crippen molar-refractivity contribution in [3.63, 3.8) is 0 Å². The molecule has 4 heteroatoms. The second-order valence-corrected chi connectivity index (χ2v) is 4.85. The van der Waals surface area contributed by atoms with Gasteiger partial charge < -0.3 is 10.6 Å². The molecule has 0 aromatic rings. The molecule has 0 aromatic heterocycles. The summed E-state index contributed by atoms with van der Waals surface area (Å²) in [7, 11) is 0. The molecule has 0 saturated heterocycles. The van der Waals surface area contributed by atoms with E-state index in [9.17, 15) is 4.79 Å². The third-order valence-corrected chi connectivity index (χ3v) is 2.88. The van der Waals surface area contributed by atoms with Crippen LogP contribution in [0, 0.1) is 0 Å². The van der Waals surface area contributed by atoms with Gasteiger partial charge in [0.1, 0.15) is 0 Å². The minimum Gasteiger partial charge on any atom is -0.355 e. The number of amides is 1. The molecule has 0 aliphatic rings. The van der Waals surface area contributed by atoms with E-state index in [4.69, 9.17) is 0 Å². The first-order valence-electron chi connectivity index (χ1n) is 5.64. The van der Waals surface area contributed by atoms with Crippen LogP contribution in [0.2, 0.25) is 0 Å². The summed E-state index contributed by atoms with van der Waals surface area (Å²) in [6, 6.07) is 0.313. The highest BCUT2D eigenvalue weighted by atomic mass is 32.2. The number of carbonyl (C=O) groups excluding carboxylic acids is 1. The zero-order valence-corrected chi connectivity index (χ0v) is 11.1. The molecular weight excluding hydrogens is 208 g/mol. The van der Waals surface area contributed by atoms with E-state index in [1.807, 2.05) is 18.7 Å². The van der Waals surface area contributed by atoms with Crippen LogP contribution in [0.15, 0.2) is 0 Å². The molecule has 0 aromatic carbocycles. The highest BCUT2D eigenvalue weighted by Gasteiger charge is 2.13. The molecule has 0 saturated carbocycles. The lowest BCUT2D eigenvalue weighted by Gasteiger charge is -2.19. The molecule has 0 rings (SSSR count). The summed E-state index contributed by atoms with van der Waals surface area (Å²) < 4.78 is 0. The SMILES string of the molecule is CCCNC(=O)C(C)NC(C)CCSC. The maximum Gasteiger partial charge on any atom is 0.236 e. The van der Waals surface area contributed by atoms with Gasteiger partial charge in [-0.15, -0.1) is 0 Å². The van der Waals surface area contributed by atoms with Gasteiger partial charge >= 0.3 is 0 Å². The van der Waals surface area contributed by atoms with Crippen molar-refractivity contribution >= 4 is 17.7 Å². The fraction of sp³-hybridized carbons (Fsp3) is 0.909. The second-order valence-electron chi connectivity index (χ2n) is 3.86. The van der Waals surface area contributed by atoms with Gasteiger partial charge in [0.2, 0.25) is 5.91 Å². The van der Waals surface area contributed by atoms with Crippen LogP contribution in [0.1, 0.15) is 33.6 Å². The van der Waals surface area contributed by atoms with Crippen LogP contribution in [0.3, 0.4) is 0 Å². The second kappa shape index (κ2) is 9.04. The lowest BCUT2D eigenvalue weighted by molar-refractivity contribution is -0.122. The standard InChI is InChI=1S/C11H24N2OS/c1-5-7-12-11(14)10(3)13-9(2)6-8-15-4/h9-10,13H,5-8H2,1-4H3,(H,12,14). The Morgan fingerprint density at radius 3 is 2.60 bits per heavy atom. The molecule has 90 valence electrons. The van der Waals surface area contributed by atoms with E-state index in [1.165, 1.54) is 0 Å². The Kier molecular flexibility index (Phi) is 8.91. The Balaban J connectivity index is 3.69. The van der Waals surface area contributed by atoms with Crippen molar-refractivity contribution in [3.8, 4) is 0 Å². The molecule has 0 radical (unpaired) electrons. The normalized spacial score (nSPS) is 14.7. The van der Waals surface area contributed by atoms with Crippen molar-refractivity contribution < 1.29 is 4.79 Å². The number of carbonyl (C=O) groups is 1. The molecule has 2 atom stereocenters. The molecule has 1 amide bonds. The zero-order chi connectivity index (χ0) is 11.7. The van der Waals surface area contributed by atoms with Gasteiger partial charge in [-0.25, -0.2) is 0 Å². The summed E-state index contributed by atoms with van der Waals surface area (Å²) in [6.45, 7) is 6.87. The molecule has 3 nitrogen and oxygen atoms in total. The molecule has 2 N–H and O–H groups in total. The Morgan fingerprint density at radius 2 is 2.07 bits per heavy atom. The van der Waals surface area contributed by atoms with Crippen LogP contribution < -0.4 is 10.6 Å². The maximum atomic E-state index is 11.5. The summed E-state index contributed by atoms with van der Waals surface area (Å²) in [5.74, 6) is 1.24. The number of thioether (sulfide) groups is 1. The van der Waals surface area contributed by atoms with Gasteiger partial charge in [0.25, 0.3) is 0 Å². The molecule has 15 heavy (non-hydrogen) atoms. The van der Waals surface area contributed by atoms with E-state index in [0.717, 1.165) is 25.1 Å². The van der Waals surface area contributed by atoms with E-state index >= 15 is 0 Å². The van der Waals surface area contributed by atoms with Gasteiger partial charge in [-0.2, -0.15) is 11.8 Å². The van der Waals surface area contributed by atoms with Crippen molar-refractivity contribution in [2.24, 2.45) is 0 Å². The molecule has 2 unspecified atom stereocenters. The predicted octanol–water partition coefficient (Wildman–Crippen LogP) is 1.63. The molecule has 0 aliphatic carbocycles. The Morgan fingerprint density at radius 1 is 1.40 bits per heavy atom. The van der Waals surface area contributed by atoms with Crippen LogP contribution in [0.25, 0.3) is 0 Å². The van der Waals surface area contributed by atoms with Gasteiger partial charge in [-0.1, -0.05) is 6.92 Å². The largest absolute Gasteiger partial charge is 0.355 e. The summed E-state index contributed by atoms with van der Waals surface area (Å²) in [6.07, 6.45) is 4.19. The Bertz CT molecular complexity index is 176.